The summed E-state index contributed by atoms with van der Waals surface area (Å²) < 4.78 is 0. The van der Waals surface area contributed by atoms with Gasteiger partial charge in [0.05, 0.1) is 16.7 Å². The largest absolute Gasteiger partial charge is 0.478 e. The summed E-state index contributed by atoms with van der Waals surface area (Å²) in [7, 11) is 0. The molecule has 0 saturated carbocycles. The first-order valence-corrected chi connectivity index (χ1v) is 8.79. The molecular formula is C21H22O6. The molecule has 6 heteroatoms. The second kappa shape index (κ2) is 8.03. The van der Waals surface area contributed by atoms with Gasteiger partial charge >= 0.3 is 17.9 Å². The lowest BCUT2D eigenvalue weighted by Crippen LogP contribution is -2.21. The van der Waals surface area contributed by atoms with Crippen LogP contribution in [0.1, 0.15) is 68.5 Å². The maximum Gasteiger partial charge on any atom is 0.337 e. The quantitative estimate of drug-likeness (QED) is 0.675. The predicted molar refractivity (Wildman–Crippen MR) is 101 cm³/mol. The molecule has 0 fully saturated rings. The molecule has 0 aliphatic rings. The molecule has 2 aromatic rings. The number of carboxylic acid groups (broad SMARTS) is 3. The van der Waals surface area contributed by atoms with Crippen molar-refractivity contribution in [3.8, 4) is 11.1 Å². The Kier molecular flexibility index (Phi) is 6.00. The van der Waals surface area contributed by atoms with Crippen LogP contribution in [0, 0.1) is 0 Å². The Labute approximate surface area is 157 Å². The molecule has 2 rings (SSSR count). The maximum atomic E-state index is 12.1. The van der Waals surface area contributed by atoms with Gasteiger partial charge in [0.2, 0.25) is 0 Å². The summed E-state index contributed by atoms with van der Waals surface area (Å²) in [5.74, 6) is -4.44. The van der Waals surface area contributed by atoms with E-state index in [1.165, 1.54) is 0 Å². The van der Waals surface area contributed by atoms with E-state index in [-0.39, 0.29) is 6.42 Å². The standard InChI is InChI=1S/C21H22O6/c1-4-11-9-7-8-10-14(11)15-12(5-2)13(6-3)16(19(22)23)18(21(26)27)17(15)20(24)25/h7-10H,4-6H2,1-3H3,(H,22,23)(H,24,25)(H,26,27). The maximum absolute atomic E-state index is 12.1. The van der Waals surface area contributed by atoms with Crippen LogP contribution in [0.2, 0.25) is 0 Å². The number of hydrogen-bond donors (Lipinski definition) is 3. The monoisotopic (exact) mass is 370 g/mol. The molecule has 6 nitrogen and oxygen atoms in total. The van der Waals surface area contributed by atoms with Gasteiger partial charge in [-0.25, -0.2) is 14.4 Å². The lowest BCUT2D eigenvalue weighted by Gasteiger charge is -2.22. The van der Waals surface area contributed by atoms with Gasteiger partial charge in [-0.15, -0.1) is 0 Å². The predicted octanol–water partition coefficient (Wildman–Crippen LogP) is 4.14. The van der Waals surface area contributed by atoms with Crippen molar-refractivity contribution in [3.63, 3.8) is 0 Å². The van der Waals surface area contributed by atoms with E-state index < -0.39 is 34.6 Å². The summed E-state index contributed by atoms with van der Waals surface area (Å²) in [6, 6.07) is 7.21. The van der Waals surface area contributed by atoms with Crippen LogP contribution in [0.5, 0.6) is 0 Å². The summed E-state index contributed by atoms with van der Waals surface area (Å²) in [4.78, 5) is 35.9. The fourth-order valence-corrected chi connectivity index (χ4v) is 3.67. The minimum atomic E-state index is -1.56. The molecule has 27 heavy (non-hydrogen) atoms. The van der Waals surface area contributed by atoms with E-state index in [2.05, 4.69) is 0 Å². The first-order valence-electron chi connectivity index (χ1n) is 8.79. The first kappa shape index (κ1) is 20.2. The highest BCUT2D eigenvalue weighted by atomic mass is 16.4. The lowest BCUT2D eigenvalue weighted by molar-refractivity contribution is 0.0632. The van der Waals surface area contributed by atoms with Crippen molar-refractivity contribution in [3.05, 3.63) is 57.6 Å². The second-order valence-corrected chi connectivity index (χ2v) is 6.09. The molecule has 142 valence electrons. The van der Waals surface area contributed by atoms with Gasteiger partial charge in [0.25, 0.3) is 0 Å². The van der Waals surface area contributed by atoms with Crippen molar-refractivity contribution in [1.82, 2.24) is 0 Å². The van der Waals surface area contributed by atoms with Crippen molar-refractivity contribution in [1.29, 1.82) is 0 Å². The van der Waals surface area contributed by atoms with E-state index >= 15 is 0 Å². The SMILES string of the molecule is CCc1ccccc1-c1c(CC)c(CC)c(C(=O)O)c(C(=O)O)c1C(=O)O. The molecule has 0 spiro atoms. The third-order valence-electron chi connectivity index (χ3n) is 4.73. The average molecular weight is 370 g/mol. The molecule has 0 radical (unpaired) electrons. The number of carboxylic acids is 3. The first-order chi connectivity index (χ1) is 12.8. The van der Waals surface area contributed by atoms with Crippen LogP contribution in [-0.2, 0) is 19.3 Å². The van der Waals surface area contributed by atoms with Crippen LogP contribution in [0.4, 0.5) is 0 Å². The van der Waals surface area contributed by atoms with Gasteiger partial charge in [-0.1, -0.05) is 45.0 Å². The average Bonchev–Trinajstić information content (AvgIpc) is 2.64. The summed E-state index contributed by atoms with van der Waals surface area (Å²) in [5.41, 5.74) is 1.18. The summed E-state index contributed by atoms with van der Waals surface area (Å²) in [5, 5.41) is 29.2. The smallest absolute Gasteiger partial charge is 0.337 e. The van der Waals surface area contributed by atoms with E-state index in [9.17, 15) is 29.7 Å². The third-order valence-corrected chi connectivity index (χ3v) is 4.73. The zero-order valence-corrected chi connectivity index (χ0v) is 15.5. The molecule has 0 aromatic heterocycles. The van der Waals surface area contributed by atoms with Crippen LogP contribution in [0.3, 0.4) is 0 Å². The number of hydrogen-bond acceptors (Lipinski definition) is 3. The van der Waals surface area contributed by atoms with Gasteiger partial charge in [-0.05, 0) is 41.5 Å². The molecular weight excluding hydrogens is 348 g/mol. The van der Waals surface area contributed by atoms with Crippen LogP contribution in [-0.4, -0.2) is 33.2 Å². The Bertz CT molecular complexity index is 927. The zero-order chi connectivity index (χ0) is 20.3. The number of benzene rings is 2. The van der Waals surface area contributed by atoms with Gasteiger partial charge in [-0.3, -0.25) is 0 Å². The van der Waals surface area contributed by atoms with E-state index in [0.717, 1.165) is 5.56 Å². The Hall–Kier alpha value is -3.15. The van der Waals surface area contributed by atoms with E-state index in [4.69, 9.17) is 0 Å². The number of rotatable bonds is 7. The van der Waals surface area contributed by atoms with E-state index in [1.54, 1.807) is 19.1 Å². The van der Waals surface area contributed by atoms with Crippen LogP contribution in [0.15, 0.2) is 24.3 Å². The summed E-state index contributed by atoms with van der Waals surface area (Å²) >= 11 is 0. The van der Waals surface area contributed by atoms with Crippen LogP contribution >= 0.6 is 0 Å². The second-order valence-electron chi connectivity index (χ2n) is 6.09. The fourth-order valence-electron chi connectivity index (χ4n) is 3.67. The Morgan fingerprint density at radius 3 is 1.67 bits per heavy atom. The highest BCUT2D eigenvalue weighted by molar-refractivity contribution is 6.14. The van der Waals surface area contributed by atoms with Gasteiger partial charge in [0.15, 0.2) is 0 Å². The molecule has 0 aliphatic carbocycles. The zero-order valence-electron chi connectivity index (χ0n) is 15.5. The van der Waals surface area contributed by atoms with Crippen LogP contribution < -0.4 is 0 Å². The van der Waals surface area contributed by atoms with Crippen LogP contribution in [0.25, 0.3) is 11.1 Å². The van der Waals surface area contributed by atoms with Gasteiger partial charge in [0.1, 0.15) is 0 Å². The van der Waals surface area contributed by atoms with Crippen molar-refractivity contribution in [2.45, 2.75) is 40.0 Å². The number of aromatic carboxylic acids is 3. The normalized spacial score (nSPS) is 10.6. The van der Waals surface area contributed by atoms with E-state index in [1.807, 2.05) is 26.0 Å². The summed E-state index contributed by atoms with van der Waals surface area (Å²) in [6.45, 7) is 5.47. The molecule has 2 aromatic carbocycles. The minimum absolute atomic E-state index is 0.284. The Morgan fingerprint density at radius 2 is 1.22 bits per heavy atom. The highest BCUT2D eigenvalue weighted by Crippen LogP contribution is 2.38. The van der Waals surface area contributed by atoms with Crippen molar-refractivity contribution < 1.29 is 29.7 Å². The fraction of sp³-hybridized carbons (Fsp3) is 0.286. The topological polar surface area (TPSA) is 112 Å². The molecule has 0 heterocycles. The molecule has 0 unspecified atom stereocenters. The van der Waals surface area contributed by atoms with Gasteiger partial charge in [0, 0.05) is 5.56 Å². The van der Waals surface area contributed by atoms with Crippen molar-refractivity contribution >= 4 is 17.9 Å². The van der Waals surface area contributed by atoms with Gasteiger partial charge < -0.3 is 15.3 Å². The van der Waals surface area contributed by atoms with E-state index in [0.29, 0.717) is 35.1 Å². The van der Waals surface area contributed by atoms with Crippen molar-refractivity contribution in [2.24, 2.45) is 0 Å². The number of carbonyl (C=O) groups is 3. The lowest BCUT2D eigenvalue weighted by atomic mass is 9.80. The molecule has 0 bridgehead atoms. The molecule has 0 saturated heterocycles. The molecule has 3 N–H and O–H groups in total. The third kappa shape index (κ3) is 3.43. The Morgan fingerprint density at radius 1 is 0.704 bits per heavy atom. The highest BCUT2D eigenvalue weighted by Gasteiger charge is 2.33. The summed E-state index contributed by atoms with van der Waals surface area (Å²) in [6.07, 6.45) is 1.30. The number of aryl methyl sites for hydroxylation is 1. The molecule has 0 amide bonds. The minimum Gasteiger partial charge on any atom is -0.478 e. The Balaban J connectivity index is 3.21. The molecule has 0 atom stereocenters. The van der Waals surface area contributed by atoms with Gasteiger partial charge in [-0.2, -0.15) is 0 Å². The van der Waals surface area contributed by atoms with Crippen molar-refractivity contribution in [2.75, 3.05) is 0 Å². The molecule has 0 aliphatic heterocycles.